The van der Waals surface area contributed by atoms with Crippen LogP contribution in [-0.4, -0.2) is 22.9 Å². The number of nitrogens with zero attached hydrogens (tertiary/aromatic N) is 2. The molecule has 0 bridgehead atoms. The van der Waals surface area contributed by atoms with Crippen LogP contribution in [-0.2, 0) is 19.9 Å². The summed E-state index contributed by atoms with van der Waals surface area (Å²) in [6.07, 6.45) is 2.00. The monoisotopic (exact) mass is 349 g/mol. The summed E-state index contributed by atoms with van der Waals surface area (Å²) in [6, 6.07) is 10.9. The Labute approximate surface area is 135 Å². The summed E-state index contributed by atoms with van der Waals surface area (Å²) < 4.78 is 3.16. The van der Waals surface area contributed by atoms with E-state index >= 15 is 0 Å². The van der Waals surface area contributed by atoms with Gasteiger partial charge in [0.15, 0.2) is 0 Å². The lowest BCUT2D eigenvalue weighted by Gasteiger charge is -2.18. The SMILES string of the molecule is CCNCC(Cc1cc(CC)nn1C)c1cccc(Br)c1. The van der Waals surface area contributed by atoms with Crippen molar-refractivity contribution >= 4 is 15.9 Å². The van der Waals surface area contributed by atoms with Crippen molar-refractivity contribution in [3.8, 4) is 0 Å². The van der Waals surface area contributed by atoms with Crippen LogP contribution in [0.5, 0.6) is 0 Å². The Morgan fingerprint density at radius 1 is 1.29 bits per heavy atom. The highest BCUT2D eigenvalue weighted by molar-refractivity contribution is 9.10. The van der Waals surface area contributed by atoms with Crippen molar-refractivity contribution in [2.75, 3.05) is 13.1 Å². The molecule has 0 saturated heterocycles. The van der Waals surface area contributed by atoms with Crippen LogP contribution in [0.3, 0.4) is 0 Å². The molecule has 1 heterocycles. The van der Waals surface area contributed by atoms with Crippen LogP contribution < -0.4 is 5.32 Å². The van der Waals surface area contributed by atoms with E-state index in [1.165, 1.54) is 17.0 Å². The van der Waals surface area contributed by atoms with E-state index in [0.717, 1.165) is 30.4 Å². The summed E-state index contributed by atoms with van der Waals surface area (Å²) in [5.41, 5.74) is 3.84. The highest BCUT2D eigenvalue weighted by Crippen LogP contribution is 2.23. The predicted octanol–water partition coefficient (Wildman–Crippen LogP) is 3.68. The second-order valence-corrected chi connectivity index (χ2v) is 6.28. The molecule has 1 aromatic carbocycles. The molecule has 1 unspecified atom stereocenters. The van der Waals surface area contributed by atoms with Crippen LogP contribution in [0.15, 0.2) is 34.8 Å². The van der Waals surface area contributed by atoms with Crippen molar-refractivity contribution in [1.29, 1.82) is 0 Å². The van der Waals surface area contributed by atoms with Gasteiger partial charge in [0.05, 0.1) is 5.69 Å². The molecule has 0 spiro atoms. The number of rotatable bonds is 7. The fourth-order valence-electron chi connectivity index (χ4n) is 2.57. The lowest BCUT2D eigenvalue weighted by atomic mass is 9.94. The van der Waals surface area contributed by atoms with E-state index < -0.39 is 0 Å². The van der Waals surface area contributed by atoms with Crippen LogP contribution in [0.25, 0.3) is 0 Å². The molecular weight excluding hydrogens is 326 g/mol. The van der Waals surface area contributed by atoms with Gasteiger partial charge in [-0.3, -0.25) is 4.68 Å². The molecular formula is C17H24BrN3. The van der Waals surface area contributed by atoms with Gasteiger partial charge >= 0.3 is 0 Å². The van der Waals surface area contributed by atoms with Crippen LogP contribution in [0.4, 0.5) is 0 Å². The first-order valence-corrected chi connectivity index (χ1v) is 8.41. The molecule has 114 valence electrons. The van der Waals surface area contributed by atoms with Gasteiger partial charge in [0.2, 0.25) is 0 Å². The quantitative estimate of drug-likeness (QED) is 0.826. The minimum Gasteiger partial charge on any atom is -0.316 e. The van der Waals surface area contributed by atoms with Gasteiger partial charge in [0.25, 0.3) is 0 Å². The average Bonchev–Trinajstić information content (AvgIpc) is 2.83. The number of hydrogen-bond acceptors (Lipinski definition) is 2. The molecule has 21 heavy (non-hydrogen) atoms. The summed E-state index contributed by atoms with van der Waals surface area (Å²) in [5, 5.41) is 8.04. The predicted molar refractivity (Wildman–Crippen MR) is 91.7 cm³/mol. The van der Waals surface area contributed by atoms with Gasteiger partial charge in [0.1, 0.15) is 0 Å². The molecule has 1 atom stereocenters. The van der Waals surface area contributed by atoms with Gasteiger partial charge in [-0.25, -0.2) is 0 Å². The first-order valence-electron chi connectivity index (χ1n) is 7.62. The van der Waals surface area contributed by atoms with E-state index in [1.54, 1.807) is 0 Å². The Kier molecular flexibility index (Phi) is 6.00. The minimum atomic E-state index is 0.461. The number of hydrogen-bond donors (Lipinski definition) is 1. The highest BCUT2D eigenvalue weighted by Gasteiger charge is 2.15. The van der Waals surface area contributed by atoms with Crippen LogP contribution in [0.2, 0.25) is 0 Å². The molecule has 0 aliphatic heterocycles. The van der Waals surface area contributed by atoms with Crippen LogP contribution in [0.1, 0.15) is 36.7 Å². The number of likely N-dealkylation sites (N-methyl/N-ethyl adjacent to an activating group) is 1. The molecule has 0 amide bonds. The van der Waals surface area contributed by atoms with E-state index in [-0.39, 0.29) is 0 Å². The van der Waals surface area contributed by atoms with Crippen LogP contribution >= 0.6 is 15.9 Å². The van der Waals surface area contributed by atoms with E-state index in [4.69, 9.17) is 0 Å². The lowest BCUT2D eigenvalue weighted by Crippen LogP contribution is -2.23. The lowest BCUT2D eigenvalue weighted by molar-refractivity contribution is 0.570. The number of halogens is 1. The molecule has 2 rings (SSSR count). The van der Waals surface area contributed by atoms with Crippen molar-refractivity contribution in [2.24, 2.45) is 7.05 Å². The summed E-state index contributed by atoms with van der Waals surface area (Å²) in [6.45, 7) is 6.28. The average molecular weight is 350 g/mol. The maximum atomic E-state index is 4.56. The first-order chi connectivity index (χ1) is 10.1. The van der Waals surface area contributed by atoms with Crippen LogP contribution in [0, 0.1) is 0 Å². The molecule has 0 aliphatic carbocycles. The zero-order chi connectivity index (χ0) is 15.2. The summed E-state index contributed by atoms with van der Waals surface area (Å²) in [5.74, 6) is 0.461. The first kappa shape index (κ1) is 16.2. The Hall–Kier alpha value is -1.13. The fourth-order valence-corrected chi connectivity index (χ4v) is 2.99. The minimum absolute atomic E-state index is 0.461. The summed E-state index contributed by atoms with van der Waals surface area (Å²) in [4.78, 5) is 0. The van der Waals surface area contributed by atoms with Gasteiger partial charge in [-0.15, -0.1) is 0 Å². The number of aryl methyl sites for hydroxylation is 2. The largest absolute Gasteiger partial charge is 0.316 e. The number of nitrogens with one attached hydrogen (secondary N) is 1. The third kappa shape index (κ3) is 4.42. The number of aromatic nitrogens is 2. The number of benzene rings is 1. The zero-order valence-corrected chi connectivity index (χ0v) is 14.7. The molecule has 1 N–H and O–H groups in total. The summed E-state index contributed by atoms with van der Waals surface area (Å²) in [7, 11) is 2.04. The molecule has 4 heteroatoms. The van der Waals surface area contributed by atoms with Gasteiger partial charge in [0, 0.05) is 29.7 Å². The van der Waals surface area contributed by atoms with Gasteiger partial charge in [-0.2, -0.15) is 5.10 Å². The Bertz CT molecular complexity index is 577. The topological polar surface area (TPSA) is 29.9 Å². The molecule has 3 nitrogen and oxygen atoms in total. The van der Waals surface area contributed by atoms with Gasteiger partial charge < -0.3 is 5.32 Å². The van der Waals surface area contributed by atoms with Crippen molar-refractivity contribution in [3.63, 3.8) is 0 Å². The van der Waals surface area contributed by atoms with E-state index in [1.807, 2.05) is 11.7 Å². The molecule has 1 aromatic heterocycles. The van der Waals surface area contributed by atoms with Gasteiger partial charge in [-0.1, -0.05) is 41.9 Å². The van der Waals surface area contributed by atoms with E-state index in [0.29, 0.717) is 5.92 Å². The molecule has 0 aliphatic rings. The Morgan fingerprint density at radius 3 is 2.71 bits per heavy atom. The van der Waals surface area contributed by atoms with Gasteiger partial charge in [-0.05, 0) is 43.1 Å². The Morgan fingerprint density at radius 2 is 2.10 bits per heavy atom. The Balaban J connectivity index is 2.21. The van der Waals surface area contributed by atoms with Crippen molar-refractivity contribution in [3.05, 3.63) is 51.8 Å². The molecule has 0 fully saturated rings. The zero-order valence-electron chi connectivity index (χ0n) is 13.1. The van der Waals surface area contributed by atoms with E-state index in [2.05, 4.69) is 70.5 Å². The third-order valence-electron chi connectivity index (χ3n) is 3.81. The molecule has 0 radical (unpaired) electrons. The molecule has 0 saturated carbocycles. The third-order valence-corrected chi connectivity index (χ3v) is 4.30. The highest BCUT2D eigenvalue weighted by atomic mass is 79.9. The fraction of sp³-hybridized carbons (Fsp3) is 0.471. The molecule has 2 aromatic rings. The van der Waals surface area contributed by atoms with Crippen molar-refractivity contribution in [2.45, 2.75) is 32.6 Å². The maximum absolute atomic E-state index is 4.56. The summed E-state index contributed by atoms with van der Waals surface area (Å²) >= 11 is 3.58. The maximum Gasteiger partial charge on any atom is 0.0624 e. The second-order valence-electron chi connectivity index (χ2n) is 5.37. The van der Waals surface area contributed by atoms with E-state index in [9.17, 15) is 0 Å². The van der Waals surface area contributed by atoms with Crippen molar-refractivity contribution in [1.82, 2.24) is 15.1 Å². The second kappa shape index (κ2) is 7.76. The smallest absolute Gasteiger partial charge is 0.0624 e. The normalized spacial score (nSPS) is 12.6. The van der Waals surface area contributed by atoms with Crippen molar-refractivity contribution < 1.29 is 0 Å². The standard InChI is InChI=1S/C17H24BrN3/c1-4-16-11-17(21(3)20-16)10-14(12-19-5-2)13-7-6-8-15(18)9-13/h6-9,11,14,19H,4-5,10,12H2,1-3H3.